The second-order valence-corrected chi connectivity index (χ2v) is 24.0. The van der Waals surface area contributed by atoms with Crippen LogP contribution in [-0.4, -0.2) is 46.4 Å². The number of allylic oxidation sites excluding steroid dienone is 1. The third-order valence-electron chi connectivity index (χ3n) is 11.5. The fraction of sp³-hybridized carbons (Fsp3) is 0.480. The van der Waals surface area contributed by atoms with E-state index in [1.165, 1.54) is 34.1 Å². The summed E-state index contributed by atoms with van der Waals surface area (Å²) >= 11 is 9.11. The molecule has 0 aliphatic carbocycles. The number of carbonyl (C=O) groups is 2. The zero-order valence-electron chi connectivity index (χ0n) is 38.1. The molecule has 324 valence electrons. The minimum Gasteiger partial charge on any atom is -0.311 e. The Bertz CT molecular complexity index is 2540. The molecule has 1 unspecified atom stereocenters. The summed E-state index contributed by atoms with van der Waals surface area (Å²) in [5.41, 5.74) is 6.92. The first-order valence-corrected chi connectivity index (χ1v) is 26.3. The van der Waals surface area contributed by atoms with Crippen LogP contribution in [0.25, 0.3) is 36.8 Å². The minimum absolute atomic E-state index is 0.0578. The molecule has 3 aliphatic rings. The van der Waals surface area contributed by atoms with E-state index in [9.17, 15) is 9.59 Å². The van der Waals surface area contributed by atoms with E-state index in [0.29, 0.717) is 41.8 Å². The maximum Gasteiger partial charge on any atom is 0.261 e. The topological polar surface area (TPSA) is 65.9 Å². The van der Waals surface area contributed by atoms with Crippen molar-refractivity contribution in [2.24, 2.45) is 28.7 Å². The summed E-state index contributed by atoms with van der Waals surface area (Å²) in [5, 5.41) is 1.18. The van der Waals surface area contributed by atoms with Crippen LogP contribution >= 0.6 is 57.1 Å². The summed E-state index contributed by atoms with van der Waals surface area (Å²) in [4.78, 5) is 50.9. The summed E-state index contributed by atoms with van der Waals surface area (Å²) < 4.78 is 1.20. The van der Waals surface area contributed by atoms with E-state index in [0.717, 1.165) is 69.2 Å². The van der Waals surface area contributed by atoms with Gasteiger partial charge >= 0.3 is 0 Å². The van der Waals surface area contributed by atoms with Crippen LogP contribution < -0.4 is 0 Å². The Morgan fingerprint density at radius 1 is 0.820 bits per heavy atom. The number of aromatic nitrogens is 1. The smallest absolute Gasteiger partial charge is 0.261 e. The van der Waals surface area contributed by atoms with E-state index in [2.05, 4.69) is 105 Å². The molecule has 11 heteroatoms. The Morgan fingerprint density at radius 2 is 1.44 bits per heavy atom. The van der Waals surface area contributed by atoms with Crippen molar-refractivity contribution in [2.45, 2.75) is 125 Å². The van der Waals surface area contributed by atoms with Crippen LogP contribution in [0.3, 0.4) is 0 Å². The third-order valence-corrected chi connectivity index (χ3v) is 17.6. The van der Waals surface area contributed by atoms with E-state index >= 15 is 0 Å². The summed E-state index contributed by atoms with van der Waals surface area (Å²) in [6, 6.07) is 13.5. The second kappa shape index (κ2) is 18.4. The highest BCUT2D eigenvalue weighted by Gasteiger charge is 2.47. The molecule has 0 saturated heterocycles. The van der Waals surface area contributed by atoms with Crippen molar-refractivity contribution in [3.05, 3.63) is 77.8 Å². The number of amides is 2. The number of thiophene rings is 3. The molecule has 4 aromatic heterocycles. The highest BCUT2D eigenvalue weighted by molar-refractivity contribution is 7.99. The largest absolute Gasteiger partial charge is 0.311 e. The lowest BCUT2D eigenvalue weighted by Gasteiger charge is -2.25. The number of fused-ring (bicyclic) bond motifs is 5. The average molecular weight is 911 g/mol. The Balaban J connectivity index is 0.00000277. The predicted molar refractivity (Wildman–Crippen MR) is 267 cm³/mol. The van der Waals surface area contributed by atoms with Gasteiger partial charge in [0.15, 0.2) is 0 Å². The number of benzene rings is 1. The summed E-state index contributed by atoms with van der Waals surface area (Å²) in [6.07, 6.45) is 4.36. The van der Waals surface area contributed by atoms with Gasteiger partial charge in [0, 0.05) is 70.4 Å². The lowest BCUT2D eigenvalue weighted by Crippen LogP contribution is -2.33. The molecule has 7 heterocycles. The van der Waals surface area contributed by atoms with Gasteiger partial charge in [0.2, 0.25) is 0 Å². The van der Waals surface area contributed by atoms with Gasteiger partial charge in [0.05, 0.1) is 42.6 Å². The van der Waals surface area contributed by atoms with Gasteiger partial charge < -0.3 is 9.80 Å². The van der Waals surface area contributed by atoms with Crippen LogP contribution in [0.4, 0.5) is 5.69 Å². The van der Waals surface area contributed by atoms with Crippen LogP contribution in [0.1, 0.15) is 120 Å². The SMILES string of the molecule is C=Nc1c(SCc2ccc(C3=C4C(=O)N(CC(C)C)C(C)=C4C(=O)N3CC(C)C)s2)c2c3nc(sc3c1-c1ccc(CC(C)C)s1)C(C)(C)CCC(C)Cc1ccc-2s1.CC. The first kappa shape index (κ1) is 45.7. The van der Waals surface area contributed by atoms with Crippen molar-refractivity contribution in [1.29, 1.82) is 0 Å². The molecule has 5 aromatic rings. The molecule has 3 aliphatic heterocycles. The molecule has 1 aromatic carbocycles. The van der Waals surface area contributed by atoms with Crippen molar-refractivity contribution >= 4 is 97.2 Å². The van der Waals surface area contributed by atoms with Crippen molar-refractivity contribution in [3.8, 4) is 20.9 Å². The zero-order valence-corrected chi connectivity index (χ0v) is 42.2. The van der Waals surface area contributed by atoms with Crippen LogP contribution in [0.5, 0.6) is 0 Å². The normalized spacial score (nSPS) is 17.7. The lowest BCUT2D eigenvalue weighted by molar-refractivity contribution is -0.124. The average Bonchev–Trinajstić information content (AvgIpc) is 4.07. The maximum atomic E-state index is 14.1. The summed E-state index contributed by atoms with van der Waals surface area (Å²) in [6.45, 7) is 31.5. The molecule has 0 saturated carbocycles. The first-order valence-electron chi connectivity index (χ1n) is 22.0. The molecular weight excluding hydrogens is 849 g/mol. The molecule has 6 nitrogen and oxygen atoms in total. The summed E-state index contributed by atoms with van der Waals surface area (Å²) in [5.74, 6) is 2.26. The zero-order chi connectivity index (χ0) is 44.1. The molecule has 0 spiro atoms. The van der Waals surface area contributed by atoms with Gasteiger partial charge in [-0.1, -0.05) is 76.2 Å². The number of carbonyl (C=O) groups excluding carboxylic acids is 2. The van der Waals surface area contributed by atoms with E-state index in [1.807, 2.05) is 76.3 Å². The second-order valence-electron chi connectivity index (χ2n) is 18.5. The fourth-order valence-electron chi connectivity index (χ4n) is 8.62. The number of thiazole rings is 1. The van der Waals surface area contributed by atoms with Gasteiger partial charge in [-0.15, -0.1) is 57.1 Å². The lowest BCUT2D eigenvalue weighted by atomic mass is 9.85. The Kier molecular flexibility index (Phi) is 13.8. The molecule has 61 heavy (non-hydrogen) atoms. The van der Waals surface area contributed by atoms with Crippen LogP contribution in [-0.2, 0) is 33.6 Å². The van der Waals surface area contributed by atoms with E-state index < -0.39 is 0 Å². The maximum absolute atomic E-state index is 14.1. The predicted octanol–water partition coefficient (Wildman–Crippen LogP) is 14.9. The number of hydrogen-bond acceptors (Lipinski definition) is 9. The first-order chi connectivity index (χ1) is 29.1. The standard InChI is InChI=1S/C48H56N4O2S5.C2H6/c1-25(2)20-30-12-15-33(56-30)37-40(49-11)43(38-34-16-13-31(57-34)21-28(7)18-19-48(9,10)47-50-41(38)44(37)59-47)55-24-32-14-17-35(58-32)42-39-36(45(53)52(42)23-27(5)6)29(8)51(46(39)54)22-26(3)4;1-2/h12-17,25-28H,11,18-24H2,1-10H3;1-2H3. The highest BCUT2D eigenvalue weighted by atomic mass is 32.2. The van der Waals surface area contributed by atoms with E-state index in [1.54, 1.807) is 11.3 Å². The Labute approximate surface area is 384 Å². The molecular formula is C50H62N4O2S5. The van der Waals surface area contributed by atoms with Crippen molar-refractivity contribution < 1.29 is 9.59 Å². The van der Waals surface area contributed by atoms with Gasteiger partial charge in [0.1, 0.15) is 0 Å². The fourth-order valence-corrected chi connectivity index (χ4v) is 14.8. The van der Waals surface area contributed by atoms with Gasteiger partial charge in [0.25, 0.3) is 11.8 Å². The van der Waals surface area contributed by atoms with Crippen LogP contribution in [0, 0.1) is 23.7 Å². The highest BCUT2D eigenvalue weighted by Crippen LogP contribution is 2.56. The summed E-state index contributed by atoms with van der Waals surface area (Å²) in [7, 11) is 0. The molecule has 0 radical (unpaired) electrons. The van der Waals surface area contributed by atoms with E-state index in [4.69, 9.17) is 9.98 Å². The molecule has 0 N–H and O–H groups in total. The number of rotatable bonds is 12. The molecule has 0 fully saturated rings. The number of thioether (sulfide) groups is 1. The van der Waals surface area contributed by atoms with Crippen molar-refractivity contribution in [2.75, 3.05) is 13.1 Å². The molecule has 2 amide bonds. The van der Waals surface area contributed by atoms with Crippen LogP contribution in [0.15, 0.2) is 63.1 Å². The number of nitrogens with zero attached hydrogens (tertiary/aromatic N) is 4. The van der Waals surface area contributed by atoms with E-state index in [-0.39, 0.29) is 29.1 Å². The van der Waals surface area contributed by atoms with Gasteiger partial charge in [-0.25, -0.2) is 4.98 Å². The number of aliphatic imine (C=N–C) groups is 1. The van der Waals surface area contributed by atoms with Gasteiger partial charge in [-0.05, 0) is 99.4 Å². The minimum atomic E-state index is -0.0673. The monoisotopic (exact) mass is 910 g/mol. The molecule has 1 atom stereocenters. The van der Waals surface area contributed by atoms with Gasteiger partial charge in [-0.3, -0.25) is 14.6 Å². The molecule has 8 rings (SSSR count). The Hall–Kier alpha value is -3.35. The van der Waals surface area contributed by atoms with Crippen LogP contribution in [0.2, 0.25) is 0 Å². The van der Waals surface area contributed by atoms with Crippen molar-refractivity contribution in [3.63, 3.8) is 0 Å². The quantitative estimate of drug-likeness (QED) is 0.0924. The number of hydrogen-bond donors (Lipinski definition) is 0. The van der Waals surface area contributed by atoms with Gasteiger partial charge in [-0.2, -0.15) is 0 Å². The Morgan fingerprint density at radius 3 is 2.13 bits per heavy atom. The molecule has 4 bridgehead atoms. The third kappa shape index (κ3) is 8.80. The van der Waals surface area contributed by atoms with Crippen molar-refractivity contribution in [1.82, 2.24) is 14.8 Å².